The van der Waals surface area contributed by atoms with Gasteiger partial charge in [-0.2, -0.15) is 0 Å². The van der Waals surface area contributed by atoms with E-state index >= 15 is 0 Å². The molecule has 1 fully saturated rings. The fraction of sp³-hybridized carbons (Fsp3) is 0.278. The highest BCUT2D eigenvalue weighted by molar-refractivity contribution is 7.13. The molecule has 1 aliphatic heterocycles. The Balaban J connectivity index is 1.37. The number of para-hydroxylation sites is 1. The molecule has 1 aliphatic rings. The third kappa shape index (κ3) is 4.41. The molecule has 144 valence electrons. The van der Waals surface area contributed by atoms with Crippen molar-refractivity contribution < 1.29 is 9.59 Å². The van der Waals surface area contributed by atoms with Crippen LogP contribution in [0.1, 0.15) is 27.7 Å². The second-order valence-electron chi connectivity index (χ2n) is 6.28. The van der Waals surface area contributed by atoms with E-state index in [0.717, 1.165) is 19.4 Å². The summed E-state index contributed by atoms with van der Waals surface area (Å²) in [6, 6.07) is 8.99. The molecule has 0 aliphatic carbocycles. The van der Waals surface area contributed by atoms with Crippen molar-refractivity contribution in [1.82, 2.24) is 20.1 Å². The Bertz CT molecular complexity index is 944. The Hall–Kier alpha value is -2.69. The fourth-order valence-corrected chi connectivity index (χ4v) is 4.37. The lowest BCUT2D eigenvalue weighted by atomic mass is 10.2. The van der Waals surface area contributed by atoms with Crippen LogP contribution in [0.15, 0.2) is 41.9 Å². The van der Waals surface area contributed by atoms with Gasteiger partial charge in [-0.05, 0) is 31.5 Å². The zero-order chi connectivity index (χ0) is 19.3. The standard InChI is InChI=1S/C18H18N6O2S2/c25-15(21-18-19-8-10-27-18)13-7-4-9-24(13)11-14-22-23-17(28-14)16(26)20-12-5-2-1-3-6-12/h1-3,5-6,8,10,13H,4,7,9,11H2,(H,20,26)(H,19,21,25). The minimum absolute atomic E-state index is 0.0565. The first-order chi connectivity index (χ1) is 13.7. The molecule has 2 amide bonds. The maximum Gasteiger partial charge on any atom is 0.286 e. The summed E-state index contributed by atoms with van der Waals surface area (Å²) in [5, 5.41) is 17.3. The van der Waals surface area contributed by atoms with E-state index in [-0.39, 0.29) is 17.9 Å². The summed E-state index contributed by atoms with van der Waals surface area (Å²) in [4.78, 5) is 31.0. The Morgan fingerprint density at radius 1 is 1.18 bits per heavy atom. The Kier molecular flexibility index (Phi) is 5.70. The number of amides is 2. The summed E-state index contributed by atoms with van der Waals surface area (Å²) in [6.07, 6.45) is 3.39. The zero-order valence-corrected chi connectivity index (χ0v) is 16.5. The van der Waals surface area contributed by atoms with Crippen LogP contribution in [0, 0.1) is 0 Å². The number of aromatic nitrogens is 3. The van der Waals surface area contributed by atoms with Crippen LogP contribution in [0.2, 0.25) is 0 Å². The molecule has 1 saturated heterocycles. The molecule has 0 radical (unpaired) electrons. The van der Waals surface area contributed by atoms with Gasteiger partial charge in [0.25, 0.3) is 5.91 Å². The molecule has 1 atom stereocenters. The minimum Gasteiger partial charge on any atom is -0.320 e. The highest BCUT2D eigenvalue weighted by Gasteiger charge is 2.32. The molecule has 1 aromatic carbocycles. The van der Waals surface area contributed by atoms with Crippen molar-refractivity contribution in [1.29, 1.82) is 0 Å². The molecule has 3 heterocycles. The second-order valence-corrected chi connectivity index (χ2v) is 8.23. The molecule has 0 saturated carbocycles. The van der Waals surface area contributed by atoms with E-state index in [2.05, 4.69) is 30.7 Å². The first-order valence-electron chi connectivity index (χ1n) is 8.82. The highest BCUT2D eigenvalue weighted by Crippen LogP contribution is 2.23. The molecular formula is C18H18N6O2S2. The van der Waals surface area contributed by atoms with Crippen LogP contribution in [-0.4, -0.2) is 44.5 Å². The smallest absolute Gasteiger partial charge is 0.286 e. The van der Waals surface area contributed by atoms with Crippen molar-refractivity contribution in [2.75, 3.05) is 17.2 Å². The van der Waals surface area contributed by atoms with Crippen LogP contribution in [-0.2, 0) is 11.3 Å². The van der Waals surface area contributed by atoms with E-state index in [1.165, 1.54) is 22.7 Å². The van der Waals surface area contributed by atoms with Crippen LogP contribution in [0.25, 0.3) is 0 Å². The molecule has 8 nitrogen and oxygen atoms in total. The van der Waals surface area contributed by atoms with E-state index in [4.69, 9.17) is 0 Å². The Labute approximate surface area is 169 Å². The molecular weight excluding hydrogens is 396 g/mol. The van der Waals surface area contributed by atoms with Gasteiger partial charge in [0.15, 0.2) is 5.13 Å². The molecule has 10 heteroatoms. The van der Waals surface area contributed by atoms with Gasteiger partial charge in [-0.25, -0.2) is 4.98 Å². The predicted octanol–water partition coefficient (Wildman–Crippen LogP) is 2.85. The summed E-state index contributed by atoms with van der Waals surface area (Å²) < 4.78 is 0. The summed E-state index contributed by atoms with van der Waals surface area (Å²) in [7, 11) is 0. The van der Waals surface area contributed by atoms with Crippen LogP contribution in [0.4, 0.5) is 10.8 Å². The molecule has 2 N–H and O–H groups in total. The van der Waals surface area contributed by atoms with Gasteiger partial charge in [0.1, 0.15) is 5.01 Å². The van der Waals surface area contributed by atoms with Crippen LogP contribution in [0.3, 0.4) is 0 Å². The summed E-state index contributed by atoms with van der Waals surface area (Å²) in [6.45, 7) is 1.30. The maximum absolute atomic E-state index is 12.5. The molecule has 3 aromatic rings. The monoisotopic (exact) mass is 414 g/mol. The topological polar surface area (TPSA) is 100 Å². The number of thiazole rings is 1. The van der Waals surface area contributed by atoms with Crippen molar-refractivity contribution >= 4 is 45.3 Å². The van der Waals surface area contributed by atoms with Crippen molar-refractivity contribution in [3.8, 4) is 0 Å². The second kappa shape index (κ2) is 8.55. The van der Waals surface area contributed by atoms with Gasteiger partial charge in [-0.15, -0.1) is 21.5 Å². The van der Waals surface area contributed by atoms with Crippen LogP contribution < -0.4 is 10.6 Å². The fourth-order valence-electron chi connectivity index (χ4n) is 3.08. The number of likely N-dealkylation sites (tertiary alicyclic amines) is 1. The number of anilines is 2. The molecule has 0 bridgehead atoms. The number of nitrogens with one attached hydrogen (secondary N) is 2. The molecule has 4 rings (SSSR count). The van der Waals surface area contributed by atoms with Crippen molar-refractivity contribution in [2.24, 2.45) is 0 Å². The minimum atomic E-state index is -0.283. The first-order valence-corrected chi connectivity index (χ1v) is 10.5. The number of benzene rings is 1. The third-order valence-electron chi connectivity index (χ3n) is 4.36. The lowest BCUT2D eigenvalue weighted by molar-refractivity contribution is -0.120. The van der Waals surface area contributed by atoms with E-state index in [9.17, 15) is 9.59 Å². The average molecular weight is 415 g/mol. The highest BCUT2D eigenvalue weighted by atomic mass is 32.1. The van der Waals surface area contributed by atoms with Gasteiger partial charge in [-0.3, -0.25) is 14.5 Å². The van der Waals surface area contributed by atoms with Gasteiger partial charge < -0.3 is 10.6 Å². The van der Waals surface area contributed by atoms with Gasteiger partial charge in [0.2, 0.25) is 10.9 Å². The normalized spacial score (nSPS) is 16.8. The lowest BCUT2D eigenvalue weighted by Gasteiger charge is -2.21. The largest absolute Gasteiger partial charge is 0.320 e. The number of hydrogen-bond donors (Lipinski definition) is 2. The van der Waals surface area contributed by atoms with Gasteiger partial charge in [0.05, 0.1) is 12.6 Å². The number of carbonyl (C=O) groups excluding carboxylic acids is 2. The Morgan fingerprint density at radius 3 is 2.82 bits per heavy atom. The quantitative estimate of drug-likeness (QED) is 0.643. The maximum atomic E-state index is 12.5. The third-order valence-corrected chi connectivity index (χ3v) is 5.96. The number of nitrogens with zero attached hydrogens (tertiary/aromatic N) is 4. The van der Waals surface area contributed by atoms with E-state index < -0.39 is 0 Å². The molecule has 1 unspecified atom stereocenters. The van der Waals surface area contributed by atoms with E-state index in [1.54, 1.807) is 6.20 Å². The summed E-state index contributed by atoms with van der Waals surface area (Å²) >= 11 is 2.64. The lowest BCUT2D eigenvalue weighted by Crippen LogP contribution is -2.39. The number of carbonyl (C=O) groups is 2. The molecule has 0 spiro atoms. The summed E-state index contributed by atoms with van der Waals surface area (Å²) in [5.41, 5.74) is 0.711. The molecule has 2 aromatic heterocycles. The SMILES string of the molecule is O=C(Nc1ccccc1)c1nnc(CN2CCCC2C(=O)Nc2nccs2)s1. The zero-order valence-electron chi connectivity index (χ0n) is 14.9. The van der Waals surface area contributed by atoms with E-state index in [0.29, 0.717) is 27.4 Å². The van der Waals surface area contributed by atoms with Gasteiger partial charge >= 0.3 is 0 Å². The molecule has 28 heavy (non-hydrogen) atoms. The van der Waals surface area contributed by atoms with Crippen LogP contribution >= 0.6 is 22.7 Å². The summed E-state index contributed by atoms with van der Waals surface area (Å²) in [5.74, 6) is -0.339. The van der Waals surface area contributed by atoms with E-state index in [1.807, 2.05) is 35.7 Å². The first kappa shape index (κ1) is 18.7. The van der Waals surface area contributed by atoms with Crippen LogP contribution in [0.5, 0.6) is 0 Å². The predicted molar refractivity (Wildman–Crippen MR) is 108 cm³/mol. The van der Waals surface area contributed by atoms with Crippen molar-refractivity contribution in [3.63, 3.8) is 0 Å². The Morgan fingerprint density at radius 2 is 2.04 bits per heavy atom. The van der Waals surface area contributed by atoms with Gasteiger partial charge in [0, 0.05) is 17.3 Å². The number of rotatable bonds is 6. The number of hydrogen-bond acceptors (Lipinski definition) is 8. The average Bonchev–Trinajstić information content (AvgIpc) is 3.45. The van der Waals surface area contributed by atoms with Crippen molar-refractivity contribution in [3.05, 3.63) is 51.9 Å². The van der Waals surface area contributed by atoms with Gasteiger partial charge in [-0.1, -0.05) is 29.5 Å². The van der Waals surface area contributed by atoms with Crippen molar-refractivity contribution in [2.45, 2.75) is 25.4 Å².